The molecule has 0 radical (unpaired) electrons. The van der Waals surface area contributed by atoms with Gasteiger partial charge in [-0.25, -0.2) is 0 Å². The molecule has 0 spiro atoms. The Kier molecular flexibility index (Phi) is 5.62. The second kappa shape index (κ2) is 6.75. The molecule has 92 valence electrons. The molecule has 0 aromatic rings. The van der Waals surface area contributed by atoms with E-state index in [0.717, 1.165) is 25.9 Å². The molecule has 1 aliphatic rings. The summed E-state index contributed by atoms with van der Waals surface area (Å²) in [5.74, 6) is -0.0345. The molecule has 5 nitrogen and oxygen atoms in total. The van der Waals surface area contributed by atoms with Gasteiger partial charge < -0.3 is 16.0 Å². The van der Waals surface area contributed by atoms with Gasteiger partial charge in [-0.15, -0.1) is 0 Å². The van der Waals surface area contributed by atoms with Crippen LogP contribution in [0.15, 0.2) is 0 Å². The van der Waals surface area contributed by atoms with Crippen LogP contribution in [0.4, 0.5) is 0 Å². The summed E-state index contributed by atoms with van der Waals surface area (Å²) in [6.45, 7) is 3.25. The van der Waals surface area contributed by atoms with Crippen molar-refractivity contribution in [3.8, 4) is 0 Å². The molecule has 0 aliphatic carbocycles. The van der Waals surface area contributed by atoms with Gasteiger partial charge in [0.15, 0.2) is 0 Å². The highest BCUT2D eigenvalue weighted by atomic mass is 32.1. The van der Waals surface area contributed by atoms with Gasteiger partial charge >= 0.3 is 0 Å². The Morgan fingerprint density at radius 1 is 1.44 bits per heavy atom. The van der Waals surface area contributed by atoms with Crippen LogP contribution in [0.3, 0.4) is 0 Å². The predicted molar refractivity (Wildman–Crippen MR) is 65.5 cm³/mol. The molecule has 1 aliphatic heterocycles. The van der Waals surface area contributed by atoms with E-state index in [2.05, 4.69) is 28.6 Å². The molecule has 1 atom stereocenters. The summed E-state index contributed by atoms with van der Waals surface area (Å²) in [4.78, 5) is 22.7. The second-order valence-corrected chi connectivity index (χ2v) is 4.33. The van der Waals surface area contributed by atoms with Crippen molar-refractivity contribution in [1.82, 2.24) is 16.0 Å². The number of hydrogen-bond donors (Lipinski definition) is 4. The van der Waals surface area contributed by atoms with E-state index in [1.807, 2.05) is 0 Å². The molecular weight excluding hydrogens is 226 g/mol. The van der Waals surface area contributed by atoms with Crippen LogP contribution < -0.4 is 16.0 Å². The van der Waals surface area contributed by atoms with Crippen LogP contribution in [0.25, 0.3) is 0 Å². The number of carbonyl (C=O) groups is 2. The lowest BCUT2D eigenvalue weighted by atomic mass is 10.1. The molecule has 1 fully saturated rings. The van der Waals surface area contributed by atoms with Crippen LogP contribution in [0.5, 0.6) is 0 Å². The summed E-state index contributed by atoms with van der Waals surface area (Å²) in [5.41, 5.74) is 0. The summed E-state index contributed by atoms with van der Waals surface area (Å²) in [7, 11) is 0. The monoisotopic (exact) mass is 245 g/mol. The Hall–Kier alpha value is -0.750. The van der Waals surface area contributed by atoms with Gasteiger partial charge in [0, 0.05) is 18.7 Å². The third-order valence-corrected chi connectivity index (χ3v) is 2.93. The Morgan fingerprint density at radius 2 is 2.06 bits per heavy atom. The molecule has 16 heavy (non-hydrogen) atoms. The van der Waals surface area contributed by atoms with Gasteiger partial charge in [-0.3, -0.25) is 9.59 Å². The summed E-state index contributed by atoms with van der Waals surface area (Å²) in [6, 6.07) is -0.319. The van der Waals surface area contributed by atoms with Gasteiger partial charge in [-0.1, -0.05) is 0 Å². The van der Waals surface area contributed by atoms with Crippen LogP contribution in [-0.2, 0) is 9.59 Å². The number of amides is 2. The number of rotatable bonds is 4. The van der Waals surface area contributed by atoms with Gasteiger partial charge in [0.2, 0.25) is 11.8 Å². The molecule has 0 aromatic heterocycles. The smallest absolute Gasteiger partial charge is 0.243 e. The SMILES string of the molecule is CC(=O)NC(CS)C(=O)NC1CCNCC1. The van der Waals surface area contributed by atoms with Crippen LogP contribution in [-0.4, -0.2) is 42.7 Å². The van der Waals surface area contributed by atoms with Gasteiger partial charge in [0.05, 0.1) is 0 Å². The van der Waals surface area contributed by atoms with E-state index in [-0.39, 0.29) is 17.9 Å². The highest BCUT2D eigenvalue weighted by Gasteiger charge is 2.21. The van der Waals surface area contributed by atoms with Crippen molar-refractivity contribution >= 4 is 24.4 Å². The van der Waals surface area contributed by atoms with Crippen molar-refractivity contribution in [3.05, 3.63) is 0 Å². The number of piperidine rings is 1. The average Bonchev–Trinajstić information content (AvgIpc) is 2.26. The quantitative estimate of drug-likeness (QED) is 0.495. The van der Waals surface area contributed by atoms with E-state index < -0.39 is 6.04 Å². The van der Waals surface area contributed by atoms with E-state index in [9.17, 15) is 9.59 Å². The lowest BCUT2D eigenvalue weighted by Crippen LogP contribution is -2.52. The fourth-order valence-electron chi connectivity index (χ4n) is 1.71. The summed E-state index contributed by atoms with van der Waals surface area (Å²) in [6.07, 6.45) is 1.87. The second-order valence-electron chi connectivity index (χ2n) is 3.97. The summed E-state index contributed by atoms with van der Waals surface area (Å²) >= 11 is 4.06. The van der Waals surface area contributed by atoms with Crippen LogP contribution in [0.1, 0.15) is 19.8 Å². The highest BCUT2D eigenvalue weighted by molar-refractivity contribution is 7.80. The average molecular weight is 245 g/mol. The number of thiol groups is 1. The fourth-order valence-corrected chi connectivity index (χ4v) is 1.96. The molecule has 0 bridgehead atoms. The lowest BCUT2D eigenvalue weighted by molar-refractivity contribution is -0.128. The Balaban J connectivity index is 2.38. The first-order valence-electron chi connectivity index (χ1n) is 5.52. The Morgan fingerprint density at radius 3 is 2.56 bits per heavy atom. The first-order chi connectivity index (χ1) is 7.63. The predicted octanol–water partition coefficient (Wildman–Crippen LogP) is -0.711. The first kappa shape index (κ1) is 13.3. The van der Waals surface area contributed by atoms with Crippen molar-refractivity contribution < 1.29 is 9.59 Å². The minimum absolute atomic E-state index is 0.142. The molecule has 6 heteroatoms. The minimum atomic E-state index is -0.532. The van der Waals surface area contributed by atoms with Crippen molar-refractivity contribution in [2.45, 2.75) is 31.8 Å². The molecule has 1 rings (SSSR count). The molecular formula is C10H19N3O2S. The van der Waals surface area contributed by atoms with Crippen molar-refractivity contribution in [3.63, 3.8) is 0 Å². The van der Waals surface area contributed by atoms with E-state index >= 15 is 0 Å². The third kappa shape index (κ3) is 4.40. The Labute approximate surface area is 101 Å². The maximum atomic E-state index is 11.8. The van der Waals surface area contributed by atoms with Crippen LogP contribution in [0, 0.1) is 0 Å². The van der Waals surface area contributed by atoms with E-state index in [1.54, 1.807) is 0 Å². The molecule has 3 N–H and O–H groups in total. The van der Waals surface area contributed by atoms with E-state index in [0.29, 0.717) is 5.75 Å². The molecule has 2 amide bonds. The van der Waals surface area contributed by atoms with Crippen molar-refractivity contribution in [2.24, 2.45) is 0 Å². The molecule has 1 heterocycles. The number of carbonyl (C=O) groups excluding carboxylic acids is 2. The normalized spacial score (nSPS) is 18.9. The van der Waals surface area contributed by atoms with Crippen molar-refractivity contribution in [2.75, 3.05) is 18.8 Å². The van der Waals surface area contributed by atoms with E-state index in [4.69, 9.17) is 0 Å². The topological polar surface area (TPSA) is 70.2 Å². The highest BCUT2D eigenvalue weighted by Crippen LogP contribution is 2.02. The number of hydrogen-bond acceptors (Lipinski definition) is 4. The molecule has 0 aromatic carbocycles. The van der Waals surface area contributed by atoms with Crippen LogP contribution >= 0.6 is 12.6 Å². The maximum Gasteiger partial charge on any atom is 0.243 e. The zero-order valence-electron chi connectivity index (χ0n) is 9.45. The van der Waals surface area contributed by atoms with Crippen molar-refractivity contribution in [1.29, 1.82) is 0 Å². The Bertz CT molecular complexity index is 254. The molecule has 1 saturated heterocycles. The zero-order chi connectivity index (χ0) is 12.0. The largest absolute Gasteiger partial charge is 0.351 e. The first-order valence-corrected chi connectivity index (χ1v) is 6.15. The lowest BCUT2D eigenvalue weighted by Gasteiger charge is -2.25. The maximum absolute atomic E-state index is 11.8. The standard InChI is InChI=1S/C10H19N3O2S/c1-7(14)12-9(6-16)10(15)13-8-2-4-11-5-3-8/h8-9,11,16H,2-6H2,1H3,(H,12,14)(H,13,15). The van der Waals surface area contributed by atoms with Gasteiger partial charge in [-0.05, 0) is 25.9 Å². The van der Waals surface area contributed by atoms with Gasteiger partial charge in [0.1, 0.15) is 6.04 Å². The molecule has 1 unspecified atom stereocenters. The summed E-state index contributed by atoms with van der Waals surface area (Å²) in [5, 5.41) is 8.74. The van der Waals surface area contributed by atoms with Gasteiger partial charge in [-0.2, -0.15) is 12.6 Å². The van der Waals surface area contributed by atoms with Gasteiger partial charge in [0.25, 0.3) is 0 Å². The number of nitrogens with one attached hydrogen (secondary N) is 3. The fraction of sp³-hybridized carbons (Fsp3) is 0.800. The van der Waals surface area contributed by atoms with Crippen LogP contribution in [0.2, 0.25) is 0 Å². The zero-order valence-corrected chi connectivity index (χ0v) is 10.3. The minimum Gasteiger partial charge on any atom is -0.351 e. The van der Waals surface area contributed by atoms with E-state index in [1.165, 1.54) is 6.92 Å². The molecule has 0 saturated carbocycles. The summed E-state index contributed by atoms with van der Waals surface area (Å²) < 4.78 is 0. The third-order valence-electron chi connectivity index (χ3n) is 2.56.